The molecular weight excluding hydrogens is 220 g/mol. The third-order valence-corrected chi connectivity index (χ3v) is 5.56. The largest absolute Gasteiger partial charge is 0.329 e. The maximum atomic E-state index is 6.15. The summed E-state index contributed by atoms with van der Waals surface area (Å²) in [6.45, 7) is 9.29. The van der Waals surface area contributed by atoms with Gasteiger partial charge in [-0.15, -0.1) is 0 Å². The Bertz CT molecular complexity index is 267. The lowest BCUT2D eigenvalue weighted by molar-refractivity contribution is 0.0355. The highest BCUT2D eigenvalue weighted by molar-refractivity contribution is 4.97. The van der Waals surface area contributed by atoms with Crippen molar-refractivity contribution in [1.82, 2.24) is 4.90 Å². The van der Waals surface area contributed by atoms with Crippen molar-refractivity contribution in [3.8, 4) is 0 Å². The normalized spacial score (nSPS) is 34.0. The van der Waals surface area contributed by atoms with Crippen LogP contribution in [0, 0.1) is 17.3 Å². The Morgan fingerprint density at radius 2 is 1.67 bits per heavy atom. The highest BCUT2D eigenvalue weighted by Gasteiger charge is 2.41. The highest BCUT2D eigenvalue weighted by atomic mass is 15.2. The van der Waals surface area contributed by atoms with Gasteiger partial charge in [-0.2, -0.15) is 0 Å². The molecule has 2 saturated carbocycles. The van der Waals surface area contributed by atoms with E-state index in [4.69, 9.17) is 5.73 Å². The molecule has 2 nitrogen and oxygen atoms in total. The summed E-state index contributed by atoms with van der Waals surface area (Å²) >= 11 is 0. The lowest BCUT2D eigenvalue weighted by atomic mass is 9.67. The topological polar surface area (TPSA) is 29.3 Å². The van der Waals surface area contributed by atoms with E-state index in [0.717, 1.165) is 18.4 Å². The minimum absolute atomic E-state index is 0.310. The van der Waals surface area contributed by atoms with Gasteiger partial charge in [-0.25, -0.2) is 0 Å². The maximum Gasteiger partial charge on any atom is 0.0329 e. The fourth-order valence-electron chi connectivity index (χ4n) is 3.64. The first-order valence-corrected chi connectivity index (χ1v) is 7.79. The van der Waals surface area contributed by atoms with Gasteiger partial charge in [0.15, 0.2) is 0 Å². The zero-order valence-corrected chi connectivity index (χ0v) is 12.8. The minimum Gasteiger partial charge on any atom is -0.329 e. The van der Waals surface area contributed by atoms with Crippen LogP contribution in [0.25, 0.3) is 0 Å². The third kappa shape index (κ3) is 3.08. The first kappa shape index (κ1) is 14.3. The van der Waals surface area contributed by atoms with Gasteiger partial charge >= 0.3 is 0 Å². The number of hydrogen-bond donors (Lipinski definition) is 1. The molecule has 2 fully saturated rings. The average Bonchev–Trinajstić information content (AvgIpc) is 3.11. The number of likely N-dealkylation sites (N-methyl/N-ethyl adjacent to an activating group) is 1. The van der Waals surface area contributed by atoms with E-state index in [1.54, 1.807) is 0 Å². The Morgan fingerprint density at radius 1 is 1.11 bits per heavy atom. The molecule has 0 amide bonds. The standard InChI is InChI=1S/C16H32N2/c1-15(2,3)14-7-9-16(12-17,10-8-14)18(4)11-13-5-6-13/h13-14H,5-12,17H2,1-4H3. The molecule has 2 N–H and O–H groups in total. The summed E-state index contributed by atoms with van der Waals surface area (Å²) in [5.74, 6) is 1.85. The molecule has 2 aliphatic carbocycles. The molecular formula is C16H32N2. The fourth-order valence-corrected chi connectivity index (χ4v) is 3.64. The van der Waals surface area contributed by atoms with Crippen molar-refractivity contribution in [2.24, 2.45) is 23.0 Å². The third-order valence-electron chi connectivity index (χ3n) is 5.56. The summed E-state index contributed by atoms with van der Waals surface area (Å²) in [7, 11) is 2.31. The van der Waals surface area contributed by atoms with E-state index in [9.17, 15) is 0 Å². The van der Waals surface area contributed by atoms with Crippen molar-refractivity contribution in [1.29, 1.82) is 0 Å². The summed E-state index contributed by atoms with van der Waals surface area (Å²) in [5.41, 5.74) is 6.93. The summed E-state index contributed by atoms with van der Waals surface area (Å²) in [6.07, 6.45) is 8.19. The van der Waals surface area contributed by atoms with Gasteiger partial charge in [0.1, 0.15) is 0 Å². The zero-order valence-electron chi connectivity index (χ0n) is 12.8. The van der Waals surface area contributed by atoms with Crippen LogP contribution < -0.4 is 5.73 Å². The molecule has 0 aromatic carbocycles. The quantitative estimate of drug-likeness (QED) is 0.832. The zero-order chi connectivity index (χ0) is 13.4. The molecule has 2 aliphatic rings. The van der Waals surface area contributed by atoms with E-state index in [1.807, 2.05) is 0 Å². The molecule has 106 valence electrons. The van der Waals surface area contributed by atoms with E-state index >= 15 is 0 Å². The molecule has 0 aromatic rings. The highest BCUT2D eigenvalue weighted by Crippen LogP contribution is 2.44. The van der Waals surface area contributed by atoms with Gasteiger partial charge in [-0.3, -0.25) is 4.90 Å². The molecule has 2 rings (SSSR count). The van der Waals surface area contributed by atoms with E-state index in [1.165, 1.54) is 45.1 Å². The van der Waals surface area contributed by atoms with E-state index in [0.29, 0.717) is 11.0 Å². The Hall–Kier alpha value is -0.0800. The predicted molar refractivity (Wildman–Crippen MR) is 78.6 cm³/mol. The first-order valence-electron chi connectivity index (χ1n) is 7.79. The summed E-state index contributed by atoms with van der Waals surface area (Å²) in [6, 6.07) is 0. The Balaban J connectivity index is 1.94. The Labute approximate surface area is 113 Å². The molecule has 0 spiro atoms. The second-order valence-corrected chi connectivity index (χ2v) is 7.89. The second-order valence-electron chi connectivity index (χ2n) is 7.89. The van der Waals surface area contributed by atoms with Crippen molar-refractivity contribution in [3.05, 3.63) is 0 Å². The van der Waals surface area contributed by atoms with Crippen LogP contribution >= 0.6 is 0 Å². The van der Waals surface area contributed by atoms with Crippen LogP contribution in [-0.4, -0.2) is 30.6 Å². The summed E-state index contributed by atoms with van der Waals surface area (Å²) in [5, 5.41) is 0. The first-order chi connectivity index (χ1) is 8.37. The van der Waals surface area contributed by atoms with Gasteiger partial charge < -0.3 is 5.73 Å². The average molecular weight is 252 g/mol. The number of rotatable bonds is 4. The smallest absolute Gasteiger partial charge is 0.0329 e. The van der Waals surface area contributed by atoms with Crippen molar-refractivity contribution >= 4 is 0 Å². The van der Waals surface area contributed by atoms with Crippen LogP contribution in [-0.2, 0) is 0 Å². The number of nitrogens with two attached hydrogens (primary N) is 1. The molecule has 0 aliphatic heterocycles. The van der Waals surface area contributed by atoms with Crippen molar-refractivity contribution in [2.75, 3.05) is 20.1 Å². The van der Waals surface area contributed by atoms with Gasteiger partial charge in [0.2, 0.25) is 0 Å². The van der Waals surface area contributed by atoms with Crippen LogP contribution in [0.4, 0.5) is 0 Å². The monoisotopic (exact) mass is 252 g/mol. The predicted octanol–water partition coefficient (Wildman–Crippen LogP) is 3.26. The van der Waals surface area contributed by atoms with Crippen LogP contribution in [0.1, 0.15) is 59.3 Å². The maximum absolute atomic E-state index is 6.15. The van der Waals surface area contributed by atoms with Crippen molar-refractivity contribution in [2.45, 2.75) is 64.8 Å². The fraction of sp³-hybridized carbons (Fsp3) is 1.00. The number of hydrogen-bond acceptors (Lipinski definition) is 2. The number of nitrogens with zero attached hydrogens (tertiary/aromatic N) is 1. The SMILES string of the molecule is CN(CC1CC1)C1(CN)CCC(C(C)(C)C)CC1. The van der Waals surface area contributed by atoms with E-state index < -0.39 is 0 Å². The molecule has 18 heavy (non-hydrogen) atoms. The van der Waals surface area contributed by atoms with Crippen LogP contribution in [0.3, 0.4) is 0 Å². The van der Waals surface area contributed by atoms with Crippen molar-refractivity contribution < 1.29 is 0 Å². The van der Waals surface area contributed by atoms with Gasteiger partial charge in [0.05, 0.1) is 0 Å². The lowest BCUT2D eigenvalue weighted by Gasteiger charge is -2.48. The molecule has 0 atom stereocenters. The lowest BCUT2D eigenvalue weighted by Crippen LogP contribution is -2.55. The van der Waals surface area contributed by atoms with Crippen LogP contribution in [0.15, 0.2) is 0 Å². The van der Waals surface area contributed by atoms with Gasteiger partial charge in [-0.05, 0) is 62.8 Å². The summed E-state index contributed by atoms with van der Waals surface area (Å²) in [4.78, 5) is 2.60. The van der Waals surface area contributed by atoms with E-state index in [-0.39, 0.29) is 0 Å². The molecule has 0 unspecified atom stereocenters. The molecule has 0 saturated heterocycles. The molecule has 2 heteroatoms. The Kier molecular flexibility index (Phi) is 4.08. The summed E-state index contributed by atoms with van der Waals surface area (Å²) < 4.78 is 0. The molecule has 0 bridgehead atoms. The van der Waals surface area contributed by atoms with E-state index in [2.05, 4.69) is 32.7 Å². The van der Waals surface area contributed by atoms with Crippen molar-refractivity contribution in [3.63, 3.8) is 0 Å². The Morgan fingerprint density at radius 3 is 2.06 bits per heavy atom. The van der Waals surface area contributed by atoms with Gasteiger partial charge in [0.25, 0.3) is 0 Å². The molecule has 0 heterocycles. The molecule has 0 aromatic heterocycles. The van der Waals surface area contributed by atoms with Crippen LogP contribution in [0.5, 0.6) is 0 Å². The van der Waals surface area contributed by atoms with Gasteiger partial charge in [-0.1, -0.05) is 20.8 Å². The molecule has 0 radical (unpaired) electrons. The second kappa shape index (κ2) is 5.13. The van der Waals surface area contributed by atoms with Crippen LogP contribution in [0.2, 0.25) is 0 Å². The van der Waals surface area contributed by atoms with Gasteiger partial charge in [0, 0.05) is 18.6 Å². The minimum atomic E-state index is 0.310.